The van der Waals surface area contributed by atoms with E-state index >= 15 is 0 Å². The van der Waals surface area contributed by atoms with Gasteiger partial charge in [-0.25, -0.2) is 9.78 Å². The Kier molecular flexibility index (Phi) is 5.01. The molecule has 1 amide bonds. The zero-order valence-electron chi connectivity index (χ0n) is 15.4. The van der Waals surface area contributed by atoms with E-state index in [4.69, 9.17) is 0 Å². The summed E-state index contributed by atoms with van der Waals surface area (Å²) in [6, 6.07) is 6.97. The molecule has 1 aromatic carbocycles. The number of hydrogen-bond donors (Lipinski definition) is 1. The Morgan fingerprint density at radius 1 is 1.19 bits per heavy atom. The number of pyridine rings is 1. The third-order valence-electron chi connectivity index (χ3n) is 4.45. The van der Waals surface area contributed by atoms with Crippen LogP contribution in [0.1, 0.15) is 35.7 Å². The quantitative estimate of drug-likeness (QED) is 0.691. The van der Waals surface area contributed by atoms with Gasteiger partial charge in [-0.3, -0.25) is 18.7 Å². The molecule has 0 aliphatic rings. The van der Waals surface area contributed by atoms with Crippen molar-refractivity contribution in [3.05, 3.63) is 66.9 Å². The predicted octanol–water partition coefficient (Wildman–Crippen LogP) is 2.77. The first kappa shape index (κ1) is 19.0. The van der Waals surface area contributed by atoms with E-state index in [9.17, 15) is 14.4 Å². The highest BCUT2D eigenvalue weighted by Gasteiger charge is 2.20. The highest BCUT2D eigenvalue weighted by Crippen LogP contribution is 2.29. The van der Waals surface area contributed by atoms with E-state index in [0.29, 0.717) is 11.3 Å². The molecule has 0 saturated heterocycles. The number of carbonyl (C=O) groups is 1. The average Bonchev–Trinajstić information content (AvgIpc) is 2.64. The first-order valence-corrected chi connectivity index (χ1v) is 9.17. The monoisotopic (exact) mass is 430 g/mol. The van der Waals surface area contributed by atoms with Crippen molar-refractivity contribution in [1.82, 2.24) is 14.1 Å². The normalized spacial score (nSPS) is 11.2. The minimum absolute atomic E-state index is 0.0154. The van der Waals surface area contributed by atoms with E-state index in [2.05, 4.69) is 26.2 Å². The van der Waals surface area contributed by atoms with Crippen molar-refractivity contribution in [2.45, 2.75) is 19.8 Å². The lowest BCUT2D eigenvalue weighted by Crippen LogP contribution is -2.38. The molecule has 27 heavy (non-hydrogen) atoms. The minimum Gasteiger partial charge on any atom is -0.321 e. The Hall–Kier alpha value is -2.74. The van der Waals surface area contributed by atoms with E-state index in [1.54, 1.807) is 31.4 Å². The predicted molar refractivity (Wildman–Crippen MR) is 108 cm³/mol. The molecule has 0 bridgehead atoms. The van der Waals surface area contributed by atoms with Crippen LogP contribution in [-0.4, -0.2) is 20.0 Å². The summed E-state index contributed by atoms with van der Waals surface area (Å²) in [7, 11) is 2.96. The molecule has 0 spiro atoms. The van der Waals surface area contributed by atoms with Gasteiger partial charge in [0.1, 0.15) is 5.39 Å². The molecule has 0 atom stereocenters. The van der Waals surface area contributed by atoms with Gasteiger partial charge in [0.25, 0.3) is 11.5 Å². The van der Waals surface area contributed by atoms with E-state index < -0.39 is 11.2 Å². The highest BCUT2D eigenvalue weighted by atomic mass is 79.9. The molecule has 3 aromatic rings. The molecule has 3 rings (SSSR count). The van der Waals surface area contributed by atoms with Crippen LogP contribution in [0.15, 0.2) is 44.5 Å². The summed E-state index contributed by atoms with van der Waals surface area (Å²) in [6.45, 7) is 3.90. The molecule has 0 aliphatic carbocycles. The van der Waals surface area contributed by atoms with E-state index in [0.717, 1.165) is 14.6 Å². The molecule has 7 nitrogen and oxygen atoms in total. The van der Waals surface area contributed by atoms with Crippen LogP contribution in [-0.2, 0) is 14.1 Å². The van der Waals surface area contributed by atoms with Crippen LogP contribution in [0.4, 0.5) is 5.69 Å². The van der Waals surface area contributed by atoms with Crippen LogP contribution in [0.2, 0.25) is 0 Å². The Balaban J connectivity index is 2.29. The lowest BCUT2D eigenvalue weighted by molar-refractivity contribution is 0.102. The Morgan fingerprint density at radius 3 is 2.52 bits per heavy atom. The van der Waals surface area contributed by atoms with Crippen LogP contribution >= 0.6 is 15.9 Å². The molecule has 1 N–H and O–H groups in total. The SMILES string of the molecule is CC(C)c1cnc2c(c1NC(=O)c1cccc(Br)c1)c(=O)n(C)c(=O)n2C. The van der Waals surface area contributed by atoms with E-state index in [1.165, 1.54) is 11.6 Å². The number of nitrogens with one attached hydrogen (secondary N) is 1. The Labute approximate surface area is 163 Å². The molecular weight excluding hydrogens is 412 g/mol. The third-order valence-corrected chi connectivity index (χ3v) is 4.94. The number of halogens is 1. The van der Waals surface area contributed by atoms with Gasteiger partial charge in [-0.2, -0.15) is 0 Å². The van der Waals surface area contributed by atoms with Gasteiger partial charge in [-0.15, -0.1) is 0 Å². The summed E-state index contributed by atoms with van der Waals surface area (Å²) in [4.78, 5) is 42.1. The average molecular weight is 431 g/mol. The van der Waals surface area contributed by atoms with Crippen LogP contribution in [0.5, 0.6) is 0 Å². The lowest BCUT2D eigenvalue weighted by atomic mass is 10.0. The zero-order chi connectivity index (χ0) is 19.9. The second kappa shape index (κ2) is 7.11. The maximum absolute atomic E-state index is 12.8. The second-order valence-corrected chi connectivity index (χ2v) is 7.53. The number of hydrogen-bond acceptors (Lipinski definition) is 4. The zero-order valence-corrected chi connectivity index (χ0v) is 17.0. The van der Waals surface area contributed by atoms with Crippen LogP contribution in [0.3, 0.4) is 0 Å². The topological polar surface area (TPSA) is 86.0 Å². The highest BCUT2D eigenvalue weighted by molar-refractivity contribution is 9.10. The number of aryl methyl sites for hydroxylation is 1. The fraction of sp³-hybridized carbons (Fsp3) is 0.263. The standard InChI is InChI=1S/C19H19BrN4O3/c1-10(2)13-9-21-16-14(18(26)24(4)19(27)23(16)3)15(13)22-17(25)11-6-5-7-12(20)8-11/h5-10H,1-4H3,(H,21,22,25). The number of fused-ring (bicyclic) bond motifs is 1. The van der Waals surface area contributed by atoms with E-state index in [1.807, 2.05) is 19.9 Å². The maximum Gasteiger partial charge on any atom is 0.332 e. The summed E-state index contributed by atoms with van der Waals surface area (Å²) in [5, 5.41) is 3.08. The van der Waals surface area contributed by atoms with Gasteiger partial charge in [0.2, 0.25) is 0 Å². The van der Waals surface area contributed by atoms with Crippen molar-refractivity contribution >= 4 is 38.6 Å². The van der Waals surface area contributed by atoms with Gasteiger partial charge < -0.3 is 5.32 Å². The summed E-state index contributed by atoms with van der Waals surface area (Å²) < 4.78 is 3.09. The maximum atomic E-state index is 12.8. The molecule has 0 unspecified atom stereocenters. The van der Waals surface area contributed by atoms with Crippen molar-refractivity contribution in [2.75, 3.05) is 5.32 Å². The molecule has 8 heteroatoms. The summed E-state index contributed by atoms with van der Waals surface area (Å²) in [6.07, 6.45) is 1.60. The van der Waals surface area contributed by atoms with Crippen molar-refractivity contribution < 1.29 is 4.79 Å². The molecule has 2 heterocycles. The van der Waals surface area contributed by atoms with Crippen molar-refractivity contribution in [2.24, 2.45) is 14.1 Å². The van der Waals surface area contributed by atoms with Crippen LogP contribution in [0, 0.1) is 0 Å². The van der Waals surface area contributed by atoms with Crippen molar-refractivity contribution in [3.8, 4) is 0 Å². The Morgan fingerprint density at radius 2 is 1.89 bits per heavy atom. The summed E-state index contributed by atoms with van der Waals surface area (Å²) in [5.41, 5.74) is 0.828. The van der Waals surface area contributed by atoms with E-state index in [-0.39, 0.29) is 22.9 Å². The van der Waals surface area contributed by atoms with Gasteiger partial charge in [0.15, 0.2) is 5.65 Å². The number of aromatic nitrogens is 3. The van der Waals surface area contributed by atoms with Gasteiger partial charge in [0.05, 0.1) is 5.69 Å². The van der Waals surface area contributed by atoms with Gasteiger partial charge in [-0.05, 0) is 29.7 Å². The van der Waals surface area contributed by atoms with Gasteiger partial charge in [0, 0.05) is 30.3 Å². The number of nitrogens with zero attached hydrogens (tertiary/aromatic N) is 3. The minimum atomic E-state index is -0.493. The van der Waals surface area contributed by atoms with Crippen LogP contribution in [0.25, 0.3) is 11.0 Å². The Bertz CT molecular complexity index is 1180. The summed E-state index contributed by atoms with van der Waals surface area (Å²) >= 11 is 3.35. The molecule has 0 aliphatic heterocycles. The van der Waals surface area contributed by atoms with Crippen LogP contribution < -0.4 is 16.6 Å². The molecule has 2 aromatic heterocycles. The fourth-order valence-corrected chi connectivity index (χ4v) is 3.33. The smallest absolute Gasteiger partial charge is 0.321 e. The molecule has 0 radical (unpaired) electrons. The first-order chi connectivity index (χ1) is 12.7. The molecular formula is C19H19BrN4O3. The molecule has 140 valence electrons. The largest absolute Gasteiger partial charge is 0.332 e. The first-order valence-electron chi connectivity index (χ1n) is 8.38. The number of amides is 1. The third kappa shape index (κ3) is 3.32. The lowest BCUT2D eigenvalue weighted by Gasteiger charge is -2.17. The fourth-order valence-electron chi connectivity index (χ4n) is 2.93. The van der Waals surface area contributed by atoms with Gasteiger partial charge >= 0.3 is 5.69 Å². The van der Waals surface area contributed by atoms with Crippen molar-refractivity contribution in [3.63, 3.8) is 0 Å². The van der Waals surface area contributed by atoms with Gasteiger partial charge in [-0.1, -0.05) is 35.8 Å². The van der Waals surface area contributed by atoms with Crippen molar-refractivity contribution in [1.29, 1.82) is 0 Å². The summed E-state index contributed by atoms with van der Waals surface area (Å²) in [5.74, 6) is -0.330. The number of carbonyl (C=O) groups excluding carboxylic acids is 1. The number of benzene rings is 1. The molecule has 0 saturated carbocycles. The number of anilines is 1. The number of rotatable bonds is 3. The second-order valence-electron chi connectivity index (χ2n) is 6.61. The molecule has 0 fully saturated rings.